The fraction of sp³-hybridized carbons (Fsp3) is 0.462. The Balaban J connectivity index is 2.90. The first-order valence-electron chi connectivity index (χ1n) is 6.36. The third-order valence-corrected chi connectivity index (χ3v) is 4.29. The van der Waals surface area contributed by atoms with Gasteiger partial charge >= 0.3 is 5.97 Å². The average Bonchev–Trinajstić information content (AvgIpc) is 2.34. The lowest BCUT2D eigenvalue weighted by Crippen LogP contribution is -2.26. The predicted octanol–water partition coefficient (Wildman–Crippen LogP) is 1.68. The largest absolute Gasteiger partial charge is 0.478 e. The molecule has 112 valence electrons. The molecule has 0 saturated carbocycles. The lowest BCUT2D eigenvalue weighted by Gasteiger charge is -2.10. The zero-order valence-corrected chi connectivity index (χ0v) is 12.4. The van der Waals surface area contributed by atoms with Crippen molar-refractivity contribution in [2.75, 3.05) is 12.3 Å². The minimum Gasteiger partial charge on any atom is -0.478 e. The van der Waals surface area contributed by atoms with Crippen LogP contribution in [0.15, 0.2) is 23.1 Å². The van der Waals surface area contributed by atoms with Crippen LogP contribution < -0.4 is 10.5 Å². The molecule has 1 aromatic rings. The second kappa shape index (κ2) is 6.71. The summed E-state index contributed by atoms with van der Waals surface area (Å²) in [5.74, 6) is -0.828. The van der Waals surface area contributed by atoms with E-state index in [1.807, 2.05) is 0 Å². The Morgan fingerprint density at radius 2 is 2.05 bits per heavy atom. The number of benzene rings is 1. The zero-order chi connectivity index (χ0) is 15.3. The van der Waals surface area contributed by atoms with E-state index in [1.54, 1.807) is 0 Å². The van der Waals surface area contributed by atoms with E-state index in [-0.39, 0.29) is 22.7 Å². The second-order valence-electron chi connectivity index (χ2n) is 4.99. The van der Waals surface area contributed by atoms with Crippen molar-refractivity contribution >= 4 is 21.7 Å². The van der Waals surface area contributed by atoms with Crippen molar-refractivity contribution in [3.8, 4) is 0 Å². The number of nitrogens with two attached hydrogens (primary N) is 1. The monoisotopic (exact) mass is 300 g/mol. The maximum absolute atomic E-state index is 12.1. The van der Waals surface area contributed by atoms with E-state index < -0.39 is 16.0 Å². The van der Waals surface area contributed by atoms with Crippen LogP contribution in [0.4, 0.5) is 5.69 Å². The fourth-order valence-electron chi connectivity index (χ4n) is 1.74. The molecule has 0 heterocycles. The van der Waals surface area contributed by atoms with Crippen LogP contribution >= 0.6 is 0 Å². The number of sulfonamides is 1. The molecule has 1 rings (SSSR count). The summed E-state index contributed by atoms with van der Waals surface area (Å²) in [5.41, 5.74) is 5.38. The van der Waals surface area contributed by atoms with Gasteiger partial charge < -0.3 is 10.8 Å². The van der Waals surface area contributed by atoms with Gasteiger partial charge in [0.05, 0.1) is 10.5 Å². The molecular weight excluding hydrogens is 280 g/mol. The number of rotatable bonds is 7. The Bertz CT molecular complexity index is 582. The molecule has 0 aliphatic carbocycles. The third-order valence-electron chi connectivity index (χ3n) is 2.77. The summed E-state index contributed by atoms with van der Waals surface area (Å²) in [6.45, 7) is 4.39. The summed E-state index contributed by atoms with van der Waals surface area (Å²) in [6, 6.07) is 3.73. The lowest BCUT2D eigenvalue weighted by molar-refractivity contribution is 0.0692. The van der Waals surface area contributed by atoms with Gasteiger partial charge in [0.25, 0.3) is 0 Å². The molecule has 0 aliphatic heterocycles. The topological polar surface area (TPSA) is 109 Å². The van der Waals surface area contributed by atoms with Crippen LogP contribution in [0.25, 0.3) is 0 Å². The summed E-state index contributed by atoms with van der Waals surface area (Å²) >= 11 is 0. The number of carbonyl (C=O) groups is 1. The fourth-order valence-corrected chi connectivity index (χ4v) is 3.00. The Morgan fingerprint density at radius 1 is 1.40 bits per heavy atom. The molecule has 0 fully saturated rings. The molecule has 20 heavy (non-hydrogen) atoms. The number of hydrogen-bond acceptors (Lipinski definition) is 4. The summed E-state index contributed by atoms with van der Waals surface area (Å²) in [7, 11) is -3.84. The molecule has 1 aromatic carbocycles. The molecule has 0 bridgehead atoms. The van der Waals surface area contributed by atoms with E-state index in [1.165, 1.54) is 12.1 Å². The van der Waals surface area contributed by atoms with Gasteiger partial charge in [-0.05, 0) is 37.0 Å². The number of carboxylic acid groups (broad SMARTS) is 1. The molecule has 6 nitrogen and oxygen atoms in total. The Morgan fingerprint density at radius 3 is 2.60 bits per heavy atom. The summed E-state index contributed by atoms with van der Waals surface area (Å²) in [4.78, 5) is 10.8. The maximum atomic E-state index is 12.1. The van der Waals surface area contributed by atoms with Gasteiger partial charge in [-0.15, -0.1) is 0 Å². The number of hydrogen-bond donors (Lipinski definition) is 3. The van der Waals surface area contributed by atoms with Crippen LogP contribution in [0.2, 0.25) is 0 Å². The third kappa shape index (κ3) is 4.50. The highest BCUT2D eigenvalue weighted by atomic mass is 32.2. The van der Waals surface area contributed by atoms with Gasteiger partial charge in [0.15, 0.2) is 0 Å². The molecule has 0 saturated heterocycles. The first-order chi connectivity index (χ1) is 9.24. The molecule has 0 unspecified atom stereocenters. The minimum absolute atomic E-state index is 0.209. The van der Waals surface area contributed by atoms with Crippen LogP contribution in [-0.4, -0.2) is 26.0 Å². The number of anilines is 1. The van der Waals surface area contributed by atoms with Crippen molar-refractivity contribution in [2.45, 2.75) is 31.6 Å². The van der Waals surface area contributed by atoms with Crippen LogP contribution in [0.1, 0.15) is 37.0 Å². The number of aromatic carboxylic acids is 1. The predicted molar refractivity (Wildman–Crippen MR) is 77.1 cm³/mol. The zero-order valence-electron chi connectivity index (χ0n) is 11.6. The number of nitrogens with one attached hydrogen (secondary N) is 1. The van der Waals surface area contributed by atoms with Crippen molar-refractivity contribution in [1.29, 1.82) is 0 Å². The summed E-state index contributed by atoms with van der Waals surface area (Å²) in [5, 5.41) is 9.05. The molecule has 7 heteroatoms. The molecule has 0 amide bonds. The smallest absolute Gasteiger partial charge is 0.337 e. The molecule has 0 aliphatic rings. The Labute approximate surface area is 119 Å². The van der Waals surface area contributed by atoms with Gasteiger partial charge in [0.2, 0.25) is 10.0 Å². The maximum Gasteiger partial charge on any atom is 0.337 e. The normalized spacial score (nSPS) is 11.8. The summed E-state index contributed by atoms with van der Waals surface area (Å²) in [6.07, 6.45) is 1.60. The molecule has 0 aromatic heterocycles. The van der Waals surface area contributed by atoms with Crippen molar-refractivity contribution < 1.29 is 18.3 Å². The first kappa shape index (κ1) is 16.5. The average molecular weight is 300 g/mol. The van der Waals surface area contributed by atoms with E-state index >= 15 is 0 Å². The van der Waals surface area contributed by atoms with Crippen molar-refractivity contribution in [1.82, 2.24) is 4.72 Å². The van der Waals surface area contributed by atoms with E-state index in [9.17, 15) is 13.2 Å². The highest BCUT2D eigenvalue weighted by Gasteiger charge is 2.22. The number of nitrogen functional groups attached to an aromatic ring is 1. The highest BCUT2D eigenvalue weighted by molar-refractivity contribution is 7.89. The Kier molecular flexibility index (Phi) is 5.52. The number of carboxylic acids is 1. The van der Waals surface area contributed by atoms with E-state index in [2.05, 4.69) is 18.6 Å². The van der Waals surface area contributed by atoms with Gasteiger partial charge in [-0.1, -0.05) is 13.8 Å². The van der Waals surface area contributed by atoms with Crippen LogP contribution in [0, 0.1) is 5.92 Å². The first-order valence-corrected chi connectivity index (χ1v) is 7.85. The van der Waals surface area contributed by atoms with Gasteiger partial charge in [0.1, 0.15) is 0 Å². The van der Waals surface area contributed by atoms with E-state index in [4.69, 9.17) is 10.8 Å². The summed E-state index contributed by atoms with van der Waals surface area (Å²) < 4.78 is 26.6. The van der Waals surface area contributed by atoms with Crippen molar-refractivity contribution in [3.05, 3.63) is 23.8 Å². The minimum atomic E-state index is -3.84. The molecular formula is C13H20N2O4S. The van der Waals surface area contributed by atoms with Crippen molar-refractivity contribution in [2.24, 2.45) is 5.92 Å². The molecule has 0 atom stereocenters. The molecule has 4 N–H and O–H groups in total. The van der Waals surface area contributed by atoms with Crippen LogP contribution in [0.3, 0.4) is 0 Å². The lowest BCUT2D eigenvalue weighted by atomic mass is 10.1. The van der Waals surface area contributed by atoms with Gasteiger partial charge in [-0.2, -0.15) is 0 Å². The van der Waals surface area contributed by atoms with Gasteiger partial charge in [-0.3, -0.25) is 0 Å². The van der Waals surface area contributed by atoms with Gasteiger partial charge in [0, 0.05) is 12.2 Å². The van der Waals surface area contributed by atoms with Crippen LogP contribution in [0.5, 0.6) is 0 Å². The molecule has 0 radical (unpaired) electrons. The highest BCUT2D eigenvalue weighted by Crippen LogP contribution is 2.19. The van der Waals surface area contributed by atoms with Crippen LogP contribution in [-0.2, 0) is 10.0 Å². The van der Waals surface area contributed by atoms with Gasteiger partial charge in [-0.25, -0.2) is 17.9 Å². The Hall–Kier alpha value is -1.60. The van der Waals surface area contributed by atoms with E-state index in [0.29, 0.717) is 12.3 Å². The SMILES string of the molecule is CC(C)CCCNS(=O)(=O)c1ccc(N)cc1C(=O)O. The quantitative estimate of drug-likeness (QED) is 0.524. The van der Waals surface area contributed by atoms with E-state index in [0.717, 1.165) is 12.5 Å². The molecule has 0 spiro atoms. The second-order valence-corrected chi connectivity index (χ2v) is 6.73. The standard InChI is InChI=1S/C13H20N2O4S/c1-9(2)4-3-7-15-20(18,19)12-6-5-10(14)8-11(12)13(16)17/h5-6,8-9,15H,3-4,7,14H2,1-2H3,(H,16,17). The van der Waals surface area contributed by atoms with Crippen molar-refractivity contribution in [3.63, 3.8) is 0 Å².